The van der Waals surface area contributed by atoms with Crippen LogP contribution in [0.2, 0.25) is 0 Å². The van der Waals surface area contributed by atoms with Crippen molar-refractivity contribution in [3.63, 3.8) is 0 Å². The molecule has 0 N–H and O–H groups in total. The summed E-state index contributed by atoms with van der Waals surface area (Å²) in [5.74, 6) is -11.6. The lowest BCUT2D eigenvalue weighted by Gasteiger charge is -2.40. The van der Waals surface area contributed by atoms with Crippen LogP contribution >= 0.6 is 8.58 Å². The second-order valence-corrected chi connectivity index (χ2v) is 9.15. The molecule has 0 aliphatic heterocycles. The molecule has 0 radical (unpaired) electrons. The van der Waals surface area contributed by atoms with Gasteiger partial charge in [0, 0.05) is 0 Å². The molecule has 0 saturated carbocycles. The molecule has 2 unspecified atom stereocenters. The Balaban J connectivity index is 0.000000211. The fourth-order valence-electron chi connectivity index (χ4n) is 2.37. The molecule has 2 aromatic carbocycles. The highest BCUT2D eigenvalue weighted by atomic mass is 32.2. The summed E-state index contributed by atoms with van der Waals surface area (Å²) in [5, 5.41) is -2.26. The molecule has 158 valence electrons. The molecule has 1 aliphatic carbocycles. The van der Waals surface area contributed by atoms with Crippen LogP contribution in [0.15, 0.2) is 72.8 Å². The van der Waals surface area contributed by atoms with E-state index < -0.39 is 45.3 Å². The van der Waals surface area contributed by atoms with E-state index in [1.165, 1.54) is 10.6 Å². The van der Waals surface area contributed by atoms with E-state index in [1.807, 2.05) is 0 Å². The normalized spacial score (nSPS) is 25.0. The second kappa shape index (κ2) is 8.45. The van der Waals surface area contributed by atoms with E-state index in [-0.39, 0.29) is 8.58 Å². The van der Waals surface area contributed by atoms with Crippen LogP contribution in [0.5, 0.6) is 0 Å². The molecule has 0 aromatic heterocycles. The lowest BCUT2D eigenvalue weighted by atomic mass is 9.95. The van der Waals surface area contributed by atoms with Gasteiger partial charge < -0.3 is 4.55 Å². The number of alkyl halides is 6. The van der Waals surface area contributed by atoms with Crippen LogP contribution in [0.1, 0.15) is 0 Å². The highest BCUT2D eigenvalue weighted by Gasteiger charge is 2.76. The van der Waals surface area contributed by atoms with Crippen molar-refractivity contribution in [2.45, 2.75) is 23.0 Å². The topological polar surface area (TPSA) is 57.2 Å². The Bertz CT molecular complexity index is 917. The summed E-state index contributed by atoms with van der Waals surface area (Å²) < 4.78 is 107. The zero-order valence-corrected chi connectivity index (χ0v) is 16.5. The fraction of sp³-hybridized carbons (Fsp3) is 0.222. The number of benzene rings is 2. The van der Waals surface area contributed by atoms with Crippen LogP contribution in [0, 0.1) is 0 Å². The summed E-state index contributed by atoms with van der Waals surface area (Å²) in [6.07, 6.45) is -4.70. The van der Waals surface area contributed by atoms with Gasteiger partial charge in [0.15, 0.2) is 6.17 Å². The Morgan fingerprint density at radius 3 is 1.62 bits per heavy atom. The highest BCUT2D eigenvalue weighted by molar-refractivity contribution is 7.87. The highest BCUT2D eigenvalue weighted by Crippen LogP contribution is 2.53. The molecular formula is C18H15F6O3PS. The molecule has 3 rings (SSSR count). The van der Waals surface area contributed by atoms with Gasteiger partial charge in [-0.2, -0.15) is 17.6 Å². The molecule has 29 heavy (non-hydrogen) atoms. The number of allylic oxidation sites excluding steroid dienone is 1. The van der Waals surface area contributed by atoms with Gasteiger partial charge in [-0.3, -0.25) is 0 Å². The number of hydrogen-bond acceptors (Lipinski definition) is 3. The first-order valence-electron chi connectivity index (χ1n) is 8.01. The fourth-order valence-corrected chi connectivity index (χ4v) is 4.28. The molecule has 0 saturated heterocycles. The molecule has 11 heteroatoms. The van der Waals surface area contributed by atoms with E-state index in [4.69, 9.17) is 0 Å². The number of halogens is 6. The van der Waals surface area contributed by atoms with Crippen molar-refractivity contribution in [3.05, 3.63) is 72.8 Å². The average Bonchev–Trinajstić information content (AvgIpc) is 2.65. The quantitative estimate of drug-likeness (QED) is 0.308. The minimum absolute atomic E-state index is 0.271. The summed E-state index contributed by atoms with van der Waals surface area (Å²) in [6.45, 7) is 0. The SMILES string of the molecule is O=S(=O)([O-])C1(F)C=CC(F)C(F)(F)C1(F)F.c1ccc([PH2+]c2ccccc2)cc1. The smallest absolute Gasteiger partial charge is 0.363 e. The maximum atomic E-state index is 13.1. The first kappa shape index (κ1) is 23.4. The second-order valence-electron chi connectivity index (χ2n) is 6.02. The average molecular weight is 456 g/mol. The Kier molecular flexibility index (Phi) is 6.82. The molecule has 2 aromatic rings. The molecule has 0 amide bonds. The van der Waals surface area contributed by atoms with Crippen molar-refractivity contribution in [2.24, 2.45) is 0 Å². The van der Waals surface area contributed by atoms with Crippen molar-refractivity contribution in [2.75, 3.05) is 0 Å². The summed E-state index contributed by atoms with van der Waals surface area (Å²) in [7, 11) is -6.16. The molecule has 0 spiro atoms. The van der Waals surface area contributed by atoms with Crippen LogP contribution in [-0.2, 0) is 10.1 Å². The van der Waals surface area contributed by atoms with Gasteiger partial charge in [-0.05, 0) is 36.4 Å². The Labute approximate surface area is 165 Å². The van der Waals surface area contributed by atoms with Crippen molar-refractivity contribution < 1.29 is 39.3 Å². The lowest BCUT2D eigenvalue weighted by Crippen LogP contribution is -2.64. The van der Waals surface area contributed by atoms with Gasteiger partial charge in [0.25, 0.3) is 5.00 Å². The van der Waals surface area contributed by atoms with E-state index in [0.717, 1.165) is 0 Å². The molecule has 0 heterocycles. The van der Waals surface area contributed by atoms with Gasteiger partial charge in [-0.15, -0.1) is 0 Å². The van der Waals surface area contributed by atoms with Crippen LogP contribution in [-0.4, -0.2) is 36.0 Å². The van der Waals surface area contributed by atoms with E-state index in [9.17, 15) is 39.3 Å². The van der Waals surface area contributed by atoms with Gasteiger partial charge >= 0.3 is 11.8 Å². The van der Waals surface area contributed by atoms with E-state index in [2.05, 4.69) is 60.7 Å². The van der Waals surface area contributed by atoms with Crippen molar-refractivity contribution in [1.29, 1.82) is 0 Å². The van der Waals surface area contributed by atoms with Crippen LogP contribution in [0.3, 0.4) is 0 Å². The Hall–Kier alpha value is -1.90. The summed E-state index contributed by atoms with van der Waals surface area (Å²) in [6, 6.07) is 21.3. The van der Waals surface area contributed by atoms with Gasteiger partial charge in [-0.25, -0.2) is 17.2 Å². The lowest BCUT2D eigenvalue weighted by molar-refractivity contribution is -0.264. The maximum absolute atomic E-state index is 13.1. The summed E-state index contributed by atoms with van der Waals surface area (Å²) >= 11 is 0. The van der Waals surface area contributed by atoms with Gasteiger partial charge in [-0.1, -0.05) is 36.4 Å². The number of hydrogen-bond donors (Lipinski definition) is 0. The predicted molar refractivity (Wildman–Crippen MR) is 99.3 cm³/mol. The van der Waals surface area contributed by atoms with E-state index in [1.54, 1.807) is 0 Å². The monoisotopic (exact) mass is 456 g/mol. The zero-order chi connectivity index (χ0) is 21.9. The maximum Gasteiger partial charge on any atom is 0.363 e. The molecule has 0 bridgehead atoms. The van der Waals surface area contributed by atoms with E-state index in [0.29, 0.717) is 0 Å². The van der Waals surface area contributed by atoms with Gasteiger partial charge in [0.1, 0.15) is 10.1 Å². The first-order valence-corrected chi connectivity index (χ1v) is 10.6. The van der Waals surface area contributed by atoms with Gasteiger partial charge in [0.05, 0.1) is 19.2 Å². The minimum Gasteiger partial charge on any atom is -0.745 e. The Morgan fingerprint density at radius 1 is 0.828 bits per heavy atom. The minimum atomic E-state index is -6.43. The Morgan fingerprint density at radius 2 is 1.24 bits per heavy atom. The van der Waals surface area contributed by atoms with Crippen LogP contribution in [0.4, 0.5) is 26.3 Å². The largest absolute Gasteiger partial charge is 0.745 e. The van der Waals surface area contributed by atoms with E-state index >= 15 is 0 Å². The first-order chi connectivity index (χ1) is 13.3. The molecule has 2 atom stereocenters. The molecule has 3 nitrogen and oxygen atoms in total. The van der Waals surface area contributed by atoms with Crippen LogP contribution < -0.4 is 10.6 Å². The zero-order valence-electron chi connectivity index (χ0n) is 14.5. The summed E-state index contributed by atoms with van der Waals surface area (Å²) in [5.41, 5.74) is 0. The van der Waals surface area contributed by atoms with Crippen molar-refractivity contribution in [1.82, 2.24) is 0 Å². The number of rotatable bonds is 3. The molecule has 0 fully saturated rings. The van der Waals surface area contributed by atoms with Crippen molar-refractivity contribution in [3.8, 4) is 0 Å². The third kappa shape index (κ3) is 4.65. The third-order valence-corrected chi connectivity index (χ3v) is 6.53. The van der Waals surface area contributed by atoms with Gasteiger partial charge in [0.2, 0.25) is 0 Å². The standard InChI is InChI=1S/C12H11P.C6H4F6O3S/c1-3-7-11(8-4-1)13-12-9-5-2-6-10-12;7-3-1-2-4(8,16(13,14)15)6(11,12)5(3,9)10/h1-10,13H;1-3H,(H,13,14,15). The predicted octanol–water partition coefficient (Wildman–Crippen LogP) is 3.42. The summed E-state index contributed by atoms with van der Waals surface area (Å²) in [4.78, 5) is 0. The van der Waals surface area contributed by atoms with Crippen LogP contribution in [0.25, 0.3) is 0 Å². The third-order valence-electron chi connectivity index (χ3n) is 3.97. The van der Waals surface area contributed by atoms with Crippen molar-refractivity contribution >= 4 is 29.3 Å². The molecule has 1 aliphatic rings. The molecular weight excluding hydrogens is 441 g/mol.